The second-order valence-corrected chi connectivity index (χ2v) is 6.36. The molecule has 136 valence electrons. The van der Waals surface area contributed by atoms with E-state index in [0.717, 1.165) is 36.3 Å². The largest absolute Gasteiger partial charge is 0.496 e. The summed E-state index contributed by atoms with van der Waals surface area (Å²) in [6, 6.07) is 13.5. The van der Waals surface area contributed by atoms with Crippen LogP contribution in [-0.4, -0.2) is 25.6 Å². The second kappa shape index (κ2) is 8.52. The smallest absolute Gasteiger partial charge is 0.306 e. The molecular weight excluding hydrogens is 330 g/mol. The minimum Gasteiger partial charge on any atom is -0.496 e. The molecule has 1 amide bonds. The highest BCUT2D eigenvalue weighted by molar-refractivity contribution is 5.92. The van der Waals surface area contributed by atoms with Gasteiger partial charge in [-0.05, 0) is 60.6 Å². The Kier molecular flexibility index (Phi) is 5.89. The molecule has 3 rings (SSSR count). The molecule has 0 spiro atoms. The van der Waals surface area contributed by atoms with E-state index in [1.165, 1.54) is 11.1 Å². The maximum absolute atomic E-state index is 12.0. The van der Waals surface area contributed by atoms with Crippen molar-refractivity contribution in [2.75, 3.05) is 19.0 Å². The molecule has 0 unspecified atom stereocenters. The number of hydrogen-bond donors (Lipinski definition) is 1. The highest BCUT2D eigenvalue weighted by Crippen LogP contribution is 2.24. The number of para-hydroxylation sites is 1. The lowest BCUT2D eigenvalue weighted by Gasteiger charge is -2.09. The normalized spacial score (nSPS) is 12.3. The standard InChI is InChI=1S/C21H23NO4/c1-25-19-8-3-2-5-16(19)10-12-21(24)26-14-20(23)22-18-11-9-15-6-4-7-17(15)13-18/h2-3,5,8-9,11,13H,4,6-7,10,12,14H2,1H3,(H,22,23). The third kappa shape index (κ3) is 4.63. The highest BCUT2D eigenvalue weighted by atomic mass is 16.5. The molecule has 5 nitrogen and oxygen atoms in total. The maximum atomic E-state index is 12.0. The van der Waals surface area contributed by atoms with E-state index in [1.807, 2.05) is 36.4 Å². The first-order valence-corrected chi connectivity index (χ1v) is 8.85. The van der Waals surface area contributed by atoms with Crippen molar-refractivity contribution in [2.45, 2.75) is 32.1 Å². The molecule has 0 heterocycles. The summed E-state index contributed by atoms with van der Waals surface area (Å²) in [5, 5.41) is 2.78. The van der Waals surface area contributed by atoms with E-state index < -0.39 is 5.97 Å². The van der Waals surface area contributed by atoms with E-state index in [1.54, 1.807) is 7.11 Å². The van der Waals surface area contributed by atoms with Crippen LogP contribution in [0.1, 0.15) is 29.5 Å². The third-order valence-corrected chi connectivity index (χ3v) is 4.54. The fraction of sp³-hybridized carbons (Fsp3) is 0.333. The zero-order valence-electron chi connectivity index (χ0n) is 14.9. The zero-order valence-corrected chi connectivity index (χ0v) is 14.9. The fourth-order valence-corrected chi connectivity index (χ4v) is 3.21. The van der Waals surface area contributed by atoms with Gasteiger partial charge in [-0.3, -0.25) is 9.59 Å². The SMILES string of the molecule is COc1ccccc1CCC(=O)OCC(=O)Nc1ccc2c(c1)CCC2. The second-order valence-electron chi connectivity index (χ2n) is 6.36. The van der Waals surface area contributed by atoms with Crippen LogP contribution in [0.5, 0.6) is 5.75 Å². The summed E-state index contributed by atoms with van der Waals surface area (Å²) in [6.07, 6.45) is 4.03. The van der Waals surface area contributed by atoms with E-state index in [-0.39, 0.29) is 18.9 Å². The van der Waals surface area contributed by atoms with E-state index >= 15 is 0 Å². The van der Waals surface area contributed by atoms with E-state index in [4.69, 9.17) is 9.47 Å². The van der Waals surface area contributed by atoms with Gasteiger partial charge in [-0.15, -0.1) is 0 Å². The monoisotopic (exact) mass is 353 g/mol. The molecular formula is C21H23NO4. The topological polar surface area (TPSA) is 64.6 Å². The molecule has 2 aromatic carbocycles. The molecule has 5 heteroatoms. The number of nitrogens with one attached hydrogen (secondary N) is 1. The van der Waals surface area contributed by atoms with Crippen LogP contribution in [0.4, 0.5) is 5.69 Å². The van der Waals surface area contributed by atoms with Crippen molar-refractivity contribution in [3.63, 3.8) is 0 Å². The highest BCUT2D eigenvalue weighted by Gasteiger charge is 2.13. The molecule has 1 aliphatic carbocycles. The predicted molar refractivity (Wildman–Crippen MR) is 99.4 cm³/mol. The number of esters is 1. The van der Waals surface area contributed by atoms with Gasteiger partial charge in [0.25, 0.3) is 5.91 Å². The minimum absolute atomic E-state index is 0.201. The van der Waals surface area contributed by atoms with Crippen LogP contribution in [0.25, 0.3) is 0 Å². The van der Waals surface area contributed by atoms with Gasteiger partial charge in [0.2, 0.25) is 0 Å². The number of amides is 1. The van der Waals surface area contributed by atoms with Gasteiger partial charge >= 0.3 is 5.97 Å². The summed E-state index contributed by atoms with van der Waals surface area (Å²) in [7, 11) is 1.60. The first kappa shape index (κ1) is 18.0. The minimum atomic E-state index is -0.403. The summed E-state index contributed by atoms with van der Waals surface area (Å²) in [4.78, 5) is 23.9. The van der Waals surface area contributed by atoms with Crippen molar-refractivity contribution in [3.8, 4) is 5.75 Å². The van der Waals surface area contributed by atoms with Crippen molar-refractivity contribution in [1.82, 2.24) is 0 Å². The third-order valence-electron chi connectivity index (χ3n) is 4.54. The number of carbonyl (C=O) groups excluding carboxylic acids is 2. The van der Waals surface area contributed by atoms with Gasteiger partial charge in [-0.1, -0.05) is 24.3 Å². The number of fused-ring (bicyclic) bond motifs is 1. The Morgan fingerprint density at radius 1 is 1.08 bits per heavy atom. The Labute approximate surface area is 153 Å². The quantitative estimate of drug-likeness (QED) is 0.776. The number of ether oxygens (including phenoxy) is 2. The van der Waals surface area contributed by atoms with Gasteiger partial charge in [0.1, 0.15) is 5.75 Å². The van der Waals surface area contributed by atoms with Gasteiger partial charge in [0.15, 0.2) is 6.61 Å². The zero-order chi connectivity index (χ0) is 18.4. The summed E-state index contributed by atoms with van der Waals surface area (Å²) in [5.74, 6) is 0.0169. The molecule has 0 bridgehead atoms. The van der Waals surface area contributed by atoms with Crippen LogP contribution < -0.4 is 10.1 Å². The van der Waals surface area contributed by atoms with Crippen molar-refractivity contribution >= 4 is 17.6 Å². The number of anilines is 1. The van der Waals surface area contributed by atoms with Gasteiger partial charge in [-0.25, -0.2) is 0 Å². The van der Waals surface area contributed by atoms with Crippen LogP contribution in [-0.2, 0) is 33.6 Å². The van der Waals surface area contributed by atoms with Crippen LogP contribution >= 0.6 is 0 Å². The molecule has 0 fully saturated rings. The van der Waals surface area contributed by atoms with Gasteiger partial charge in [0, 0.05) is 12.1 Å². The van der Waals surface area contributed by atoms with Gasteiger partial charge < -0.3 is 14.8 Å². The molecule has 2 aromatic rings. The van der Waals surface area contributed by atoms with Gasteiger partial charge in [0.05, 0.1) is 7.11 Å². The average molecular weight is 353 g/mol. The van der Waals surface area contributed by atoms with E-state index in [2.05, 4.69) is 11.4 Å². The Balaban J connectivity index is 1.43. The lowest BCUT2D eigenvalue weighted by Crippen LogP contribution is -2.21. The molecule has 0 saturated heterocycles. The lowest BCUT2D eigenvalue weighted by molar-refractivity contribution is -0.147. The Morgan fingerprint density at radius 3 is 2.73 bits per heavy atom. The molecule has 0 saturated carbocycles. The van der Waals surface area contributed by atoms with E-state index in [9.17, 15) is 9.59 Å². The van der Waals surface area contributed by atoms with Gasteiger partial charge in [-0.2, -0.15) is 0 Å². The van der Waals surface area contributed by atoms with Crippen LogP contribution in [0.15, 0.2) is 42.5 Å². The molecule has 1 aliphatic rings. The molecule has 0 aliphatic heterocycles. The maximum Gasteiger partial charge on any atom is 0.306 e. The summed E-state index contributed by atoms with van der Waals surface area (Å²) < 4.78 is 10.3. The van der Waals surface area contributed by atoms with Crippen molar-refractivity contribution in [3.05, 3.63) is 59.2 Å². The molecule has 0 atom stereocenters. The Bertz CT molecular complexity index is 800. The number of rotatable bonds is 7. The first-order chi connectivity index (χ1) is 12.7. The average Bonchev–Trinajstić information content (AvgIpc) is 3.12. The van der Waals surface area contributed by atoms with Crippen molar-refractivity contribution in [1.29, 1.82) is 0 Å². The molecule has 0 aromatic heterocycles. The molecule has 1 N–H and O–H groups in total. The Hall–Kier alpha value is -2.82. The summed E-state index contributed by atoms with van der Waals surface area (Å²) in [6.45, 7) is -0.276. The summed E-state index contributed by atoms with van der Waals surface area (Å²) in [5.41, 5.74) is 4.33. The van der Waals surface area contributed by atoms with Crippen LogP contribution in [0.2, 0.25) is 0 Å². The number of carbonyl (C=O) groups is 2. The first-order valence-electron chi connectivity index (χ1n) is 8.85. The number of methoxy groups -OCH3 is 1. The molecule has 26 heavy (non-hydrogen) atoms. The van der Waals surface area contributed by atoms with Crippen LogP contribution in [0, 0.1) is 0 Å². The number of hydrogen-bond acceptors (Lipinski definition) is 4. The van der Waals surface area contributed by atoms with E-state index in [0.29, 0.717) is 6.42 Å². The lowest BCUT2D eigenvalue weighted by atomic mass is 10.1. The predicted octanol–water partition coefficient (Wildman–Crippen LogP) is 3.30. The van der Waals surface area contributed by atoms with Crippen LogP contribution in [0.3, 0.4) is 0 Å². The fourth-order valence-electron chi connectivity index (χ4n) is 3.21. The number of benzene rings is 2. The number of aryl methyl sites for hydroxylation is 3. The Morgan fingerprint density at radius 2 is 1.88 bits per heavy atom. The van der Waals surface area contributed by atoms with Crippen molar-refractivity contribution in [2.24, 2.45) is 0 Å². The van der Waals surface area contributed by atoms with Crippen molar-refractivity contribution < 1.29 is 19.1 Å². The molecule has 0 radical (unpaired) electrons. The summed E-state index contributed by atoms with van der Waals surface area (Å²) >= 11 is 0.